The van der Waals surface area contributed by atoms with E-state index >= 15 is 0 Å². The van der Waals surface area contributed by atoms with Gasteiger partial charge in [0.1, 0.15) is 17.1 Å². The molecule has 136 valence electrons. The van der Waals surface area contributed by atoms with Crippen molar-refractivity contribution in [1.29, 1.82) is 0 Å². The number of hydrogen-bond acceptors (Lipinski definition) is 4. The van der Waals surface area contributed by atoms with E-state index in [1.54, 1.807) is 0 Å². The Kier molecular flexibility index (Phi) is 8.93. The Labute approximate surface area is 151 Å². The van der Waals surface area contributed by atoms with Gasteiger partial charge < -0.3 is 14.8 Å². The average molecular weight is 357 g/mol. The van der Waals surface area contributed by atoms with Gasteiger partial charge in [-0.15, -0.1) is 12.4 Å². The summed E-state index contributed by atoms with van der Waals surface area (Å²) >= 11 is 0. The number of benzene rings is 1. The molecule has 2 rings (SSSR count). The number of amides is 1. The molecule has 0 spiro atoms. The molecule has 6 heteroatoms. The number of halogens is 1. The van der Waals surface area contributed by atoms with Crippen molar-refractivity contribution >= 4 is 18.3 Å². The molecule has 0 aliphatic carbocycles. The molecule has 1 atom stereocenters. The number of likely N-dealkylation sites (tertiary alicyclic amines) is 1. The molecule has 0 radical (unpaired) electrons. The van der Waals surface area contributed by atoms with E-state index in [1.165, 1.54) is 6.42 Å². The van der Waals surface area contributed by atoms with Crippen molar-refractivity contribution < 1.29 is 14.3 Å². The van der Waals surface area contributed by atoms with Crippen LogP contribution in [0.4, 0.5) is 0 Å². The molecule has 0 saturated carbocycles. The molecule has 0 bridgehead atoms. The molecule has 1 aromatic rings. The van der Waals surface area contributed by atoms with Gasteiger partial charge in [0.05, 0.1) is 13.2 Å². The Hall–Kier alpha value is -1.46. The van der Waals surface area contributed by atoms with Gasteiger partial charge in [-0.1, -0.05) is 13.0 Å². The van der Waals surface area contributed by atoms with Gasteiger partial charge >= 0.3 is 0 Å². The number of ether oxygens (including phenoxy) is 2. The van der Waals surface area contributed by atoms with Gasteiger partial charge in [-0.2, -0.15) is 0 Å². The highest BCUT2D eigenvalue weighted by Gasteiger charge is 2.25. The van der Waals surface area contributed by atoms with Gasteiger partial charge in [0.2, 0.25) is 0 Å². The number of nitrogens with zero attached hydrogens (tertiary/aromatic N) is 1. The minimum absolute atomic E-state index is 0. The van der Waals surface area contributed by atoms with Crippen LogP contribution in [0.3, 0.4) is 0 Å². The van der Waals surface area contributed by atoms with Crippen LogP contribution in [0.15, 0.2) is 18.2 Å². The van der Waals surface area contributed by atoms with Gasteiger partial charge in [-0.05, 0) is 51.9 Å². The Morgan fingerprint density at radius 1 is 1.21 bits per heavy atom. The highest BCUT2D eigenvalue weighted by Crippen LogP contribution is 2.29. The number of nitrogens with one attached hydrogen (secondary N) is 1. The van der Waals surface area contributed by atoms with Crippen LogP contribution in [0.1, 0.15) is 44.0 Å². The van der Waals surface area contributed by atoms with Gasteiger partial charge in [-0.25, -0.2) is 0 Å². The lowest BCUT2D eigenvalue weighted by atomic mass is 10.1. The summed E-state index contributed by atoms with van der Waals surface area (Å²) in [5.74, 6) is 1.03. The fourth-order valence-electron chi connectivity index (χ4n) is 3.13. The number of carbonyl (C=O) groups is 1. The predicted octanol–water partition coefficient (Wildman–Crippen LogP) is 3.12. The maximum Gasteiger partial charge on any atom is 0.258 e. The highest BCUT2D eigenvalue weighted by molar-refractivity contribution is 5.99. The van der Waals surface area contributed by atoms with E-state index in [9.17, 15) is 4.79 Å². The van der Waals surface area contributed by atoms with E-state index in [-0.39, 0.29) is 18.3 Å². The molecule has 1 fully saturated rings. The first-order chi connectivity index (χ1) is 11.2. The van der Waals surface area contributed by atoms with Gasteiger partial charge in [0.15, 0.2) is 0 Å². The first-order valence-electron chi connectivity index (χ1n) is 8.62. The third-order valence-electron chi connectivity index (χ3n) is 4.22. The Bertz CT molecular complexity index is 501. The summed E-state index contributed by atoms with van der Waals surface area (Å²) in [7, 11) is 0. The fourth-order valence-corrected chi connectivity index (χ4v) is 3.13. The second-order valence-corrected chi connectivity index (χ2v) is 5.63. The molecular weight excluding hydrogens is 328 g/mol. The molecule has 1 aliphatic rings. The zero-order valence-electron chi connectivity index (χ0n) is 14.8. The second kappa shape index (κ2) is 10.4. The molecule has 1 aliphatic heterocycles. The van der Waals surface area contributed by atoms with E-state index in [1.807, 2.05) is 32.0 Å². The van der Waals surface area contributed by atoms with Gasteiger partial charge in [0.25, 0.3) is 5.91 Å². The molecular formula is C18H29ClN2O3. The van der Waals surface area contributed by atoms with E-state index in [4.69, 9.17) is 9.47 Å². The highest BCUT2D eigenvalue weighted by atomic mass is 35.5. The summed E-state index contributed by atoms with van der Waals surface area (Å²) in [5.41, 5.74) is 0.497. The molecule has 1 N–H and O–H groups in total. The van der Waals surface area contributed by atoms with Crippen molar-refractivity contribution in [2.45, 2.75) is 39.7 Å². The van der Waals surface area contributed by atoms with Crippen LogP contribution >= 0.6 is 12.4 Å². The maximum absolute atomic E-state index is 12.7. The van der Waals surface area contributed by atoms with Crippen LogP contribution in [-0.2, 0) is 0 Å². The van der Waals surface area contributed by atoms with Crippen molar-refractivity contribution in [3.8, 4) is 11.5 Å². The third kappa shape index (κ3) is 5.02. The van der Waals surface area contributed by atoms with E-state index in [0.717, 1.165) is 19.5 Å². The van der Waals surface area contributed by atoms with Crippen molar-refractivity contribution in [1.82, 2.24) is 10.2 Å². The summed E-state index contributed by atoms with van der Waals surface area (Å²) in [6.07, 6.45) is 2.34. The minimum atomic E-state index is -0.125. The second-order valence-electron chi connectivity index (χ2n) is 5.63. The van der Waals surface area contributed by atoms with Gasteiger partial charge in [-0.3, -0.25) is 9.69 Å². The summed E-state index contributed by atoms with van der Waals surface area (Å²) in [6.45, 7) is 9.83. The predicted molar refractivity (Wildman–Crippen MR) is 98.6 cm³/mol. The average Bonchev–Trinajstić information content (AvgIpc) is 3.01. The van der Waals surface area contributed by atoms with Crippen molar-refractivity contribution in [2.75, 3.05) is 32.8 Å². The molecule has 1 amide bonds. The molecule has 1 heterocycles. The lowest BCUT2D eigenvalue weighted by molar-refractivity contribution is 0.0933. The number of carbonyl (C=O) groups excluding carboxylic acids is 1. The van der Waals surface area contributed by atoms with Crippen LogP contribution in [-0.4, -0.2) is 49.7 Å². The van der Waals surface area contributed by atoms with E-state index in [0.29, 0.717) is 42.9 Å². The SMILES string of the molecule is CCOc1cccc(OCC)c1C(=O)NCC1CCCN1CC.Cl. The number of likely N-dealkylation sites (N-methyl/N-ethyl adjacent to an activating group) is 1. The number of hydrogen-bond donors (Lipinski definition) is 1. The zero-order valence-corrected chi connectivity index (χ0v) is 15.7. The van der Waals surface area contributed by atoms with E-state index in [2.05, 4.69) is 17.1 Å². The van der Waals surface area contributed by atoms with Gasteiger partial charge in [0, 0.05) is 12.6 Å². The maximum atomic E-state index is 12.7. The Morgan fingerprint density at radius 2 is 1.83 bits per heavy atom. The van der Waals surface area contributed by atoms with Crippen molar-refractivity contribution in [2.24, 2.45) is 0 Å². The molecule has 1 saturated heterocycles. The summed E-state index contributed by atoms with van der Waals surface area (Å²) < 4.78 is 11.2. The monoisotopic (exact) mass is 356 g/mol. The smallest absolute Gasteiger partial charge is 0.258 e. The van der Waals surface area contributed by atoms with Crippen molar-refractivity contribution in [3.05, 3.63) is 23.8 Å². The lowest BCUT2D eigenvalue weighted by Crippen LogP contribution is -2.40. The minimum Gasteiger partial charge on any atom is -0.493 e. The topological polar surface area (TPSA) is 50.8 Å². The first kappa shape index (κ1) is 20.6. The molecule has 0 aromatic heterocycles. The Morgan fingerprint density at radius 3 is 2.38 bits per heavy atom. The Balaban J connectivity index is 0.00000288. The lowest BCUT2D eigenvalue weighted by Gasteiger charge is -2.23. The van der Waals surface area contributed by atoms with Crippen LogP contribution in [0.5, 0.6) is 11.5 Å². The van der Waals surface area contributed by atoms with Crippen LogP contribution in [0.25, 0.3) is 0 Å². The third-order valence-corrected chi connectivity index (χ3v) is 4.22. The van der Waals surface area contributed by atoms with Crippen LogP contribution in [0, 0.1) is 0 Å². The largest absolute Gasteiger partial charge is 0.493 e. The molecule has 1 aromatic carbocycles. The molecule has 5 nitrogen and oxygen atoms in total. The zero-order chi connectivity index (χ0) is 16.7. The fraction of sp³-hybridized carbons (Fsp3) is 0.611. The summed E-state index contributed by atoms with van der Waals surface area (Å²) in [4.78, 5) is 15.1. The van der Waals surface area contributed by atoms with Crippen LogP contribution < -0.4 is 14.8 Å². The number of rotatable bonds is 8. The first-order valence-corrected chi connectivity index (χ1v) is 8.62. The van der Waals surface area contributed by atoms with Crippen molar-refractivity contribution in [3.63, 3.8) is 0 Å². The molecule has 1 unspecified atom stereocenters. The quantitative estimate of drug-likeness (QED) is 0.777. The summed E-state index contributed by atoms with van der Waals surface area (Å²) in [5, 5.41) is 3.06. The summed E-state index contributed by atoms with van der Waals surface area (Å²) in [6, 6.07) is 5.91. The van der Waals surface area contributed by atoms with Crippen LogP contribution in [0.2, 0.25) is 0 Å². The normalized spacial score (nSPS) is 17.2. The van der Waals surface area contributed by atoms with E-state index < -0.39 is 0 Å². The standard InChI is InChI=1S/C18H28N2O3.ClH/c1-4-20-12-8-9-14(20)13-19-18(21)17-15(22-5-2)10-7-11-16(17)23-6-3;/h7,10-11,14H,4-6,8-9,12-13H2,1-3H3,(H,19,21);1H. The molecule has 24 heavy (non-hydrogen) atoms.